The fourth-order valence-electron chi connectivity index (χ4n) is 2.26. The first-order chi connectivity index (χ1) is 12.7. The lowest BCUT2D eigenvalue weighted by atomic mass is 10.2. The summed E-state index contributed by atoms with van der Waals surface area (Å²) in [5.74, 6) is 0.877. The van der Waals surface area contributed by atoms with Crippen molar-refractivity contribution in [3.05, 3.63) is 53.0 Å². The summed E-state index contributed by atoms with van der Waals surface area (Å²) in [5.41, 5.74) is 4.30. The molecule has 1 amide bonds. The van der Waals surface area contributed by atoms with Gasteiger partial charge in [0.25, 0.3) is 5.91 Å². The van der Waals surface area contributed by atoms with Gasteiger partial charge in [0.05, 0.1) is 30.5 Å². The van der Waals surface area contributed by atoms with Crippen LogP contribution in [0.25, 0.3) is 10.6 Å². The molecule has 1 aromatic carbocycles. The molecular weight excluding hydrogens is 352 g/mol. The number of benzene rings is 1. The number of hydrazone groups is 1. The molecule has 3 aromatic rings. The first-order valence-corrected chi connectivity index (χ1v) is 8.82. The molecule has 2 aromatic heterocycles. The van der Waals surface area contributed by atoms with Crippen molar-refractivity contribution in [1.82, 2.24) is 15.6 Å². The van der Waals surface area contributed by atoms with Gasteiger partial charge in [0, 0.05) is 0 Å². The molecule has 0 bridgehead atoms. The smallest absolute Gasteiger partial charge is 0.291 e. The Bertz CT molecular complexity index is 903. The summed E-state index contributed by atoms with van der Waals surface area (Å²) in [4.78, 5) is 13.1. The summed E-state index contributed by atoms with van der Waals surface area (Å²) < 4.78 is 10.8. The Kier molecular flexibility index (Phi) is 5.65. The van der Waals surface area contributed by atoms with Crippen LogP contribution in [0.3, 0.4) is 0 Å². The van der Waals surface area contributed by atoms with Gasteiger partial charge in [0.15, 0.2) is 17.2 Å². The summed E-state index contributed by atoms with van der Waals surface area (Å²) in [6.07, 6.45) is 1.53. The average molecular weight is 370 g/mol. The number of ether oxygens (including phenoxy) is 2. The number of H-pyrrole nitrogens is 1. The van der Waals surface area contributed by atoms with E-state index < -0.39 is 5.91 Å². The van der Waals surface area contributed by atoms with Crippen LogP contribution in [0, 0.1) is 0 Å². The minimum Gasteiger partial charge on any atom is -0.493 e. The minimum absolute atomic E-state index is 0.273. The molecule has 2 N–H and O–H groups in total. The van der Waals surface area contributed by atoms with E-state index in [1.807, 2.05) is 30.5 Å². The minimum atomic E-state index is -0.391. The van der Waals surface area contributed by atoms with Gasteiger partial charge < -0.3 is 9.47 Å². The number of hydrogen-bond donors (Lipinski definition) is 2. The largest absolute Gasteiger partial charge is 0.493 e. The van der Waals surface area contributed by atoms with E-state index >= 15 is 0 Å². The summed E-state index contributed by atoms with van der Waals surface area (Å²) >= 11 is 1.57. The van der Waals surface area contributed by atoms with E-state index in [0.29, 0.717) is 18.1 Å². The Morgan fingerprint density at radius 1 is 1.35 bits per heavy atom. The maximum absolute atomic E-state index is 12.1. The summed E-state index contributed by atoms with van der Waals surface area (Å²) in [6, 6.07) is 11.0. The number of aromatic amines is 1. The standard InChI is InChI=1S/C18H18N4O3S/c1-3-25-15-7-6-12(9-16(15)24-2)11-19-22-18(23)14-10-13(20-21-14)17-5-4-8-26-17/h4-11H,3H2,1-2H3,(H,20,21)(H,22,23)/b19-11-. The highest BCUT2D eigenvalue weighted by Crippen LogP contribution is 2.27. The lowest BCUT2D eigenvalue weighted by Gasteiger charge is -2.09. The maximum Gasteiger partial charge on any atom is 0.291 e. The van der Waals surface area contributed by atoms with Crippen LogP contribution in [-0.4, -0.2) is 36.0 Å². The van der Waals surface area contributed by atoms with Gasteiger partial charge in [0.1, 0.15) is 0 Å². The summed E-state index contributed by atoms with van der Waals surface area (Å²) in [5, 5.41) is 12.8. The molecule has 0 spiro atoms. The van der Waals surface area contributed by atoms with Crippen molar-refractivity contribution in [3.63, 3.8) is 0 Å². The number of nitrogens with one attached hydrogen (secondary N) is 2. The molecule has 2 heterocycles. The second kappa shape index (κ2) is 8.30. The van der Waals surface area contributed by atoms with Crippen LogP contribution < -0.4 is 14.9 Å². The molecule has 0 aliphatic heterocycles. The fraction of sp³-hybridized carbons (Fsp3) is 0.167. The topological polar surface area (TPSA) is 88.6 Å². The predicted molar refractivity (Wildman–Crippen MR) is 101 cm³/mol. The Morgan fingerprint density at radius 3 is 2.96 bits per heavy atom. The molecule has 0 aliphatic rings. The number of amides is 1. The Labute approximate surface area is 154 Å². The SMILES string of the molecule is CCOc1ccc(/C=N\NC(=O)c2cc(-c3cccs3)[nH]n2)cc1OC. The van der Waals surface area contributed by atoms with Crippen LogP contribution in [0.5, 0.6) is 11.5 Å². The Hall–Kier alpha value is -3.13. The third-order valence-electron chi connectivity index (χ3n) is 3.46. The molecule has 0 fully saturated rings. The zero-order valence-electron chi connectivity index (χ0n) is 14.4. The fourth-order valence-corrected chi connectivity index (χ4v) is 2.95. The summed E-state index contributed by atoms with van der Waals surface area (Å²) in [6.45, 7) is 2.46. The van der Waals surface area contributed by atoms with E-state index in [0.717, 1.165) is 16.1 Å². The lowest BCUT2D eigenvalue weighted by molar-refractivity contribution is 0.0950. The number of carbonyl (C=O) groups excluding carboxylic acids is 1. The highest BCUT2D eigenvalue weighted by Gasteiger charge is 2.11. The molecule has 0 saturated heterocycles. The van der Waals surface area contributed by atoms with Gasteiger partial charge in [-0.1, -0.05) is 6.07 Å². The summed E-state index contributed by atoms with van der Waals surface area (Å²) in [7, 11) is 1.57. The van der Waals surface area contributed by atoms with Gasteiger partial charge >= 0.3 is 0 Å². The van der Waals surface area contributed by atoms with E-state index in [9.17, 15) is 4.79 Å². The van der Waals surface area contributed by atoms with Crippen molar-refractivity contribution in [2.75, 3.05) is 13.7 Å². The molecule has 0 radical (unpaired) electrons. The lowest BCUT2D eigenvalue weighted by Crippen LogP contribution is -2.18. The third-order valence-corrected chi connectivity index (χ3v) is 4.37. The van der Waals surface area contributed by atoms with Gasteiger partial charge in [-0.3, -0.25) is 9.89 Å². The van der Waals surface area contributed by atoms with Crippen molar-refractivity contribution < 1.29 is 14.3 Å². The number of hydrogen-bond acceptors (Lipinski definition) is 6. The molecule has 0 aliphatic carbocycles. The molecule has 26 heavy (non-hydrogen) atoms. The van der Waals surface area contributed by atoms with Crippen molar-refractivity contribution >= 4 is 23.5 Å². The van der Waals surface area contributed by atoms with Gasteiger partial charge in [-0.25, -0.2) is 5.43 Å². The van der Waals surface area contributed by atoms with Crippen LogP contribution in [0.15, 0.2) is 46.9 Å². The molecular formula is C18H18N4O3S. The molecule has 134 valence electrons. The van der Waals surface area contributed by atoms with E-state index in [2.05, 4.69) is 20.7 Å². The molecule has 0 atom stereocenters. The second-order valence-electron chi connectivity index (χ2n) is 5.19. The van der Waals surface area contributed by atoms with Crippen LogP contribution in [-0.2, 0) is 0 Å². The molecule has 3 rings (SSSR count). The maximum atomic E-state index is 12.1. The van der Waals surface area contributed by atoms with Gasteiger partial charge in [-0.2, -0.15) is 10.2 Å². The molecule has 8 heteroatoms. The third kappa shape index (κ3) is 4.09. The van der Waals surface area contributed by atoms with Crippen LogP contribution in [0.2, 0.25) is 0 Å². The quantitative estimate of drug-likeness (QED) is 0.493. The molecule has 7 nitrogen and oxygen atoms in total. The number of rotatable bonds is 7. The van der Waals surface area contributed by atoms with Crippen molar-refractivity contribution in [2.45, 2.75) is 6.92 Å². The highest BCUT2D eigenvalue weighted by atomic mass is 32.1. The monoisotopic (exact) mass is 370 g/mol. The van der Waals surface area contributed by atoms with Crippen molar-refractivity contribution in [1.29, 1.82) is 0 Å². The molecule has 0 unspecified atom stereocenters. The number of thiophene rings is 1. The zero-order valence-corrected chi connectivity index (χ0v) is 15.2. The zero-order chi connectivity index (χ0) is 18.4. The number of carbonyl (C=O) groups is 1. The van der Waals surface area contributed by atoms with E-state index in [4.69, 9.17) is 9.47 Å². The van der Waals surface area contributed by atoms with E-state index in [1.54, 1.807) is 36.6 Å². The average Bonchev–Trinajstić information content (AvgIpc) is 3.34. The van der Waals surface area contributed by atoms with Crippen LogP contribution in [0.1, 0.15) is 23.0 Å². The highest BCUT2D eigenvalue weighted by molar-refractivity contribution is 7.13. The van der Waals surface area contributed by atoms with Crippen molar-refractivity contribution in [3.8, 4) is 22.1 Å². The number of methoxy groups -OCH3 is 1. The molecule has 0 saturated carbocycles. The first-order valence-electron chi connectivity index (χ1n) is 7.94. The van der Waals surface area contributed by atoms with Gasteiger partial charge in [0.2, 0.25) is 0 Å². The number of aromatic nitrogens is 2. The van der Waals surface area contributed by atoms with E-state index in [1.165, 1.54) is 6.21 Å². The number of nitrogens with zero attached hydrogens (tertiary/aromatic N) is 2. The normalized spacial score (nSPS) is 10.8. The first kappa shape index (κ1) is 17.7. The Balaban J connectivity index is 1.64. The Morgan fingerprint density at radius 2 is 2.23 bits per heavy atom. The van der Waals surface area contributed by atoms with Crippen LogP contribution >= 0.6 is 11.3 Å². The van der Waals surface area contributed by atoms with Crippen molar-refractivity contribution in [2.24, 2.45) is 5.10 Å². The second-order valence-corrected chi connectivity index (χ2v) is 6.13. The van der Waals surface area contributed by atoms with Gasteiger partial charge in [-0.05, 0) is 48.2 Å². The van der Waals surface area contributed by atoms with Gasteiger partial charge in [-0.15, -0.1) is 11.3 Å². The predicted octanol–water partition coefficient (Wildman–Crippen LogP) is 3.31. The van der Waals surface area contributed by atoms with Crippen LogP contribution in [0.4, 0.5) is 0 Å². The van der Waals surface area contributed by atoms with E-state index in [-0.39, 0.29) is 5.69 Å².